The predicted molar refractivity (Wildman–Crippen MR) is 106 cm³/mol. The maximum absolute atomic E-state index is 14.1. The van der Waals surface area contributed by atoms with Crippen molar-refractivity contribution in [3.63, 3.8) is 0 Å². The zero-order chi connectivity index (χ0) is 24.3. The molecule has 0 aliphatic rings. The highest BCUT2D eigenvalue weighted by Crippen LogP contribution is 2.47. The molecule has 176 valence electrons. The second-order valence-corrected chi connectivity index (χ2v) is 8.49. The lowest BCUT2D eigenvalue weighted by Crippen LogP contribution is -2.28. The van der Waals surface area contributed by atoms with Crippen LogP contribution < -0.4 is 14.1 Å². The Balaban J connectivity index is 1.98. The van der Waals surface area contributed by atoms with E-state index in [-0.39, 0.29) is 5.75 Å². The van der Waals surface area contributed by atoms with Crippen molar-refractivity contribution in [1.29, 1.82) is 0 Å². The van der Waals surface area contributed by atoms with Crippen LogP contribution in [0.3, 0.4) is 0 Å². The van der Waals surface area contributed by atoms with E-state index in [1.54, 1.807) is 12.1 Å². The molecule has 0 saturated heterocycles. The smallest absolute Gasteiger partial charge is 0.462 e. The molecule has 1 N–H and O–H groups in total. The van der Waals surface area contributed by atoms with Gasteiger partial charge in [-0.1, -0.05) is 6.07 Å². The summed E-state index contributed by atoms with van der Waals surface area (Å²) in [5, 5.41) is 2.51. The Bertz CT molecular complexity index is 1230. The number of carbonyl (C=O) groups excluding carboxylic acids is 1. The molecule has 0 aliphatic carbocycles. The number of benzene rings is 2. The van der Waals surface area contributed by atoms with Gasteiger partial charge in [0.25, 0.3) is 0 Å². The monoisotopic (exact) mass is 490 g/mol. The number of fused-ring (bicyclic) bond motifs is 1. The van der Waals surface area contributed by atoms with Gasteiger partial charge in [0.05, 0.1) is 11.6 Å². The minimum absolute atomic E-state index is 0.174. The summed E-state index contributed by atoms with van der Waals surface area (Å²) in [5.74, 6) is -14.8. The van der Waals surface area contributed by atoms with Gasteiger partial charge in [-0.25, -0.2) is 17.7 Å². The van der Waals surface area contributed by atoms with Gasteiger partial charge in [-0.15, -0.1) is 0 Å². The van der Waals surface area contributed by atoms with E-state index in [0.29, 0.717) is 10.9 Å². The summed E-state index contributed by atoms with van der Waals surface area (Å²) in [6.07, 6.45) is 0.964. The third kappa shape index (κ3) is 5.58. The second kappa shape index (κ2) is 9.72. The number of hydrogen-bond donors (Lipinski definition) is 1. The standard InChI is InChI=1S/C20H16F5N2O5P/c1-10(2)30-14(28)9-27-33(29,31-12-5-6-13-11(8-12)4-3-7-26-13)32-20-18(24)16(22)15(21)17(23)19(20)25/h3-8,10H,9H2,1-2H3,(H,27,29). The summed E-state index contributed by atoms with van der Waals surface area (Å²) in [6, 6.07) is 7.29. The van der Waals surface area contributed by atoms with Crippen LogP contribution >= 0.6 is 7.75 Å². The Kier molecular flexibility index (Phi) is 7.19. The first-order valence-corrected chi connectivity index (χ1v) is 10.8. The highest BCUT2D eigenvalue weighted by atomic mass is 31.2. The lowest BCUT2D eigenvalue weighted by molar-refractivity contribution is -0.145. The highest BCUT2D eigenvalue weighted by Gasteiger charge is 2.36. The molecular weight excluding hydrogens is 474 g/mol. The summed E-state index contributed by atoms with van der Waals surface area (Å²) in [4.78, 5) is 15.9. The number of nitrogens with one attached hydrogen (secondary N) is 1. The van der Waals surface area contributed by atoms with Crippen molar-refractivity contribution in [3.8, 4) is 11.5 Å². The zero-order valence-corrected chi connectivity index (χ0v) is 18.0. The third-order valence-corrected chi connectivity index (χ3v) is 5.38. The molecule has 13 heteroatoms. The maximum Gasteiger partial charge on any atom is 0.513 e. The Morgan fingerprint density at radius 2 is 1.64 bits per heavy atom. The SMILES string of the molecule is CC(C)OC(=O)CNP(=O)(Oc1ccc2ncccc2c1)Oc1c(F)c(F)c(F)c(F)c1F. The van der Waals surface area contributed by atoms with Crippen molar-refractivity contribution in [2.24, 2.45) is 0 Å². The van der Waals surface area contributed by atoms with Gasteiger partial charge in [-0.3, -0.25) is 9.78 Å². The molecule has 3 aromatic rings. The fraction of sp³-hybridized carbons (Fsp3) is 0.200. The first-order valence-electron chi connectivity index (χ1n) is 9.31. The van der Waals surface area contributed by atoms with Crippen LogP contribution in [0.15, 0.2) is 36.5 Å². The van der Waals surface area contributed by atoms with E-state index in [1.165, 1.54) is 38.2 Å². The molecule has 3 rings (SSSR count). The van der Waals surface area contributed by atoms with E-state index in [4.69, 9.17) is 9.26 Å². The number of rotatable bonds is 8. The summed E-state index contributed by atoms with van der Waals surface area (Å²) in [7, 11) is -4.95. The summed E-state index contributed by atoms with van der Waals surface area (Å²) in [6.45, 7) is 2.23. The molecule has 0 saturated carbocycles. The van der Waals surface area contributed by atoms with Crippen LogP contribution in [0.4, 0.5) is 22.0 Å². The molecule has 1 heterocycles. The van der Waals surface area contributed by atoms with Crippen LogP contribution in [0.25, 0.3) is 10.9 Å². The van der Waals surface area contributed by atoms with Crippen LogP contribution in [-0.2, 0) is 14.1 Å². The molecule has 2 aromatic carbocycles. The van der Waals surface area contributed by atoms with Crippen LogP contribution in [0, 0.1) is 29.1 Å². The van der Waals surface area contributed by atoms with Crippen LogP contribution in [0.5, 0.6) is 11.5 Å². The van der Waals surface area contributed by atoms with Gasteiger partial charge < -0.3 is 13.8 Å². The van der Waals surface area contributed by atoms with Crippen molar-refractivity contribution in [1.82, 2.24) is 10.1 Å². The number of pyridine rings is 1. The van der Waals surface area contributed by atoms with E-state index in [1.807, 2.05) is 5.09 Å². The van der Waals surface area contributed by atoms with Gasteiger partial charge in [0.15, 0.2) is 0 Å². The van der Waals surface area contributed by atoms with Gasteiger partial charge in [-0.05, 0) is 38.1 Å². The van der Waals surface area contributed by atoms with Crippen LogP contribution in [-0.4, -0.2) is 23.6 Å². The van der Waals surface area contributed by atoms with Crippen LogP contribution in [0.2, 0.25) is 0 Å². The summed E-state index contributed by atoms with van der Waals surface area (Å²) in [5.41, 5.74) is 0.522. The quantitative estimate of drug-likeness (QED) is 0.156. The molecule has 0 aliphatic heterocycles. The van der Waals surface area contributed by atoms with E-state index in [0.717, 1.165) is 0 Å². The highest BCUT2D eigenvalue weighted by molar-refractivity contribution is 7.52. The molecule has 1 atom stereocenters. The fourth-order valence-corrected chi connectivity index (χ4v) is 3.86. The molecule has 7 nitrogen and oxygen atoms in total. The normalized spacial score (nSPS) is 13.1. The minimum Gasteiger partial charge on any atom is -0.462 e. The van der Waals surface area contributed by atoms with Crippen molar-refractivity contribution in [3.05, 3.63) is 65.6 Å². The molecule has 0 fully saturated rings. The predicted octanol–water partition coefficient (Wildman–Crippen LogP) is 5.04. The molecule has 0 bridgehead atoms. The topological polar surface area (TPSA) is 86.8 Å². The van der Waals surface area contributed by atoms with Gasteiger partial charge >= 0.3 is 13.7 Å². The van der Waals surface area contributed by atoms with Gasteiger partial charge in [0.2, 0.25) is 34.8 Å². The van der Waals surface area contributed by atoms with Crippen molar-refractivity contribution in [2.45, 2.75) is 20.0 Å². The molecule has 0 amide bonds. The maximum atomic E-state index is 14.1. The first kappa shape index (κ1) is 24.4. The summed E-state index contributed by atoms with van der Waals surface area (Å²) < 4.78 is 96.6. The van der Waals surface area contributed by atoms with E-state index < -0.39 is 61.2 Å². The number of ether oxygens (including phenoxy) is 1. The molecule has 1 unspecified atom stereocenters. The fourth-order valence-electron chi connectivity index (χ4n) is 2.58. The molecule has 1 aromatic heterocycles. The Morgan fingerprint density at radius 1 is 1.00 bits per heavy atom. The van der Waals surface area contributed by atoms with E-state index in [9.17, 15) is 31.3 Å². The van der Waals surface area contributed by atoms with E-state index in [2.05, 4.69) is 9.51 Å². The number of esters is 1. The zero-order valence-electron chi connectivity index (χ0n) is 17.1. The second-order valence-electron chi connectivity index (χ2n) is 6.81. The molecular formula is C20H16F5N2O5P. The molecule has 0 spiro atoms. The lowest BCUT2D eigenvalue weighted by atomic mass is 10.2. The van der Waals surface area contributed by atoms with Crippen molar-refractivity contribution < 1.29 is 45.1 Å². The average Bonchev–Trinajstić information content (AvgIpc) is 2.77. The van der Waals surface area contributed by atoms with Crippen molar-refractivity contribution >= 4 is 24.6 Å². The largest absolute Gasteiger partial charge is 0.513 e. The Morgan fingerprint density at radius 3 is 2.27 bits per heavy atom. The molecule has 0 radical (unpaired) electrons. The Labute approximate surface area is 184 Å². The number of nitrogens with zero attached hydrogens (tertiary/aromatic N) is 1. The number of hydrogen-bond acceptors (Lipinski definition) is 6. The van der Waals surface area contributed by atoms with Crippen molar-refractivity contribution in [2.75, 3.05) is 6.54 Å². The summed E-state index contributed by atoms with van der Waals surface area (Å²) >= 11 is 0. The van der Waals surface area contributed by atoms with Gasteiger partial charge in [0, 0.05) is 11.6 Å². The number of carbonyl (C=O) groups is 1. The lowest BCUT2D eigenvalue weighted by Gasteiger charge is -2.21. The van der Waals surface area contributed by atoms with E-state index >= 15 is 0 Å². The average molecular weight is 490 g/mol. The Hall–Kier alpha value is -3.24. The number of halogens is 5. The van der Waals surface area contributed by atoms with Crippen LogP contribution in [0.1, 0.15) is 13.8 Å². The minimum atomic E-state index is -4.95. The third-order valence-electron chi connectivity index (χ3n) is 3.97. The first-order chi connectivity index (χ1) is 15.5. The van der Waals surface area contributed by atoms with Gasteiger partial charge in [-0.2, -0.15) is 13.9 Å². The van der Waals surface area contributed by atoms with Gasteiger partial charge in [0.1, 0.15) is 12.3 Å². The number of aromatic nitrogens is 1. The molecule has 33 heavy (non-hydrogen) atoms.